The van der Waals surface area contributed by atoms with Crippen molar-refractivity contribution in [3.63, 3.8) is 0 Å². The molecule has 1 rings (SSSR count). The van der Waals surface area contributed by atoms with E-state index in [9.17, 15) is 4.79 Å². The molecule has 0 atom stereocenters. The number of carbonyl (C=O) groups is 1. The van der Waals surface area contributed by atoms with E-state index in [2.05, 4.69) is 15.5 Å². The molecular formula is C13H20ClN3O. The molecule has 0 unspecified atom stereocenters. The lowest BCUT2D eigenvalue weighted by Gasteiger charge is -2.11. The average Bonchev–Trinajstić information content (AvgIpc) is 2.28. The Morgan fingerprint density at radius 3 is 2.72 bits per heavy atom. The van der Waals surface area contributed by atoms with Crippen LogP contribution in [0.2, 0.25) is 5.02 Å². The second kappa shape index (κ2) is 7.36. The topological polar surface area (TPSA) is 44.4 Å². The van der Waals surface area contributed by atoms with E-state index in [0.717, 1.165) is 24.3 Å². The summed E-state index contributed by atoms with van der Waals surface area (Å²) in [5.41, 5.74) is 1.77. The highest BCUT2D eigenvalue weighted by molar-refractivity contribution is 6.30. The van der Waals surface area contributed by atoms with Gasteiger partial charge in [0.15, 0.2) is 0 Å². The highest BCUT2D eigenvalue weighted by Gasteiger charge is 2.04. The van der Waals surface area contributed by atoms with E-state index >= 15 is 0 Å². The molecule has 0 heterocycles. The fourth-order valence-electron chi connectivity index (χ4n) is 1.47. The predicted molar refractivity (Wildman–Crippen MR) is 76.2 cm³/mol. The minimum atomic E-state index is -0.0424. The number of halogens is 1. The summed E-state index contributed by atoms with van der Waals surface area (Å²) < 4.78 is 0. The number of anilines is 1. The zero-order valence-electron chi connectivity index (χ0n) is 11.1. The molecule has 18 heavy (non-hydrogen) atoms. The number of carbonyl (C=O) groups excluding carboxylic acids is 1. The maximum atomic E-state index is 11.7. The first-order chi connectivity index (χ1) is 8.49. The lowest BCUT2D eigenvalue weighted by atomic mass is 10.2. The monoisotopic (exact) mass is 269 g/mol. The van der Waals surface area contributed by atoms with E-state index in [4.69, 9.17) is 11.6 Å². The molecule has 4 nitrogen and oxygen atoms in total. The van der Waals surface area contributed by atoms with Gasteiger partial charge in [-0.2, -0.15) is 0 Å². The Labute approximate surface area is 113 Å². The normalized spacial score (nSPS) is 10.7. The smallest absolute Gasteiger partial charge is 0.238 e. The molecule has 0 aliphatic heterocycles. The van der Waals surface area contributed by atoms with Crippen LogP contribution in [-0.4, -0.2) is 44.5 Å². The zero-order valence-corrected chi connectivity index (χ0v) is 11.8. The van der Waals surface area contributed by atoms with E-state index < -0.39 is 0 Å². The van der Waals surface area contributed by atoms with Gasteiger partial charge in [-0.15, -0.1) is 0 Å². The van der Waals surface area contributed by atoms with Crippen molar-refractivity contribution in [3.8, 4) is 0 Å². The number of nitrogens with one attached hydrogen (secondary N) is 2. The quantitative estimate of drug-likeness (QED) is 0.774. The maximum absolute atomic E-state index is 11.7. The summed E-state index contributed by atoms with van der Waals surface area (Å²) in [5.74, 6) is -0.0424. The van der Waals surface area contributed by atoms with Crippen molar-refractivity contribution in [1.82, 2.24) is 10.2 Å². The van der Waals surface area contributed by atoms with Gasteiger partial charge in [0, 0.05) is 23.8 Å². The molecule has 0 aromatic heterocycles. The SMILES string of the molecule is Cc1cc(Cl)ccc1NC(=O)CNCCN(C)C. The highest BCUT2D eigenvalue weighted by Crippen LogP contribution is 2.19. The van der Waals surface area contributed by atoms with Crippen molar-refractivity contribution in [2.45, 2.75) is 6.92 Å². The third-order valence-corrected chi connectivity index (χ3v) is 2.72. The van der Waals surface area contributed by atoms with Gasteiger partial charge in [-0.1, -0.05) is 11.6 Å². The van der Waals surface area contributed by atoms with Crippen molar-refractivity contribution < 1.29 is 4.79 Å². The number of hydrogen-bond acceptors (Lipinski definition) is 3. The first kappa shape index (κ1) is 15.0. The number of rotatable bonds is 6. The first-order valence-electron chi connectivity index (χ1n) is 5.90. The molecule has 0 radical (unpaired) electrons. The van der Waals surface area contributed by atoms with Gasteiger partial charge >= 0.3 is 0 Å². The molecule has 0 fully saturated rings. The summed E-state index contributed by atoms with van der Waals surface area (Å²) in [6.45, 7) is 3.93. The third-order valence-electron chi connectivity index (χ3n) is 2.48. The number of hydrogen-bond donors (Lipinski definition) is 2. The Morgan fingerprint density at radius 2 is 2.11 bits per heavy atom. The fraction of sp³-hybridized carbons (Fsp3) is 0.462. The van der Waals surface area contributed by atoms with Gasteiger partial charge in [0.05, 0.1) is 6.54 Å². The average molecular weight is 270 g/mol. The minimum absolute atomic E-state index is 0.0424. The van der Waals surface area contributed by atoms with Crippen LogP contribution in [0.4, 0.5) is 5.69 Å². The maximum Gasteiger partial charge on any atom is 0.238 e. The van der Waals surface area contributed by atoms with Gasteiger partial charge < -0.3 is 15.5 Å². The molecule has 5 heteroatoms. The third kappa shape index (κ3) is 5.49. The van der Waals surface area contributed by atoms with Crippen molar-refractivity contribution in [3.05, 3.63) is 28.8 Å². The summed E-state index contributed by atoms with van der Waals surface area (Å²) in [6, 6.07) is 5.41. The van der Waals surface area contributed by atoms with Crippen molar-refractivity contribution >= 4 is 23.2 Å². The van der Waals surface area contributed by atoms with Crippen LogP contribution in [0.5, 0.6) is 0 Å². The van der Waals surface area contributed by atoms with Crippen LogP contribution in [0.15, 0.2) is 18.2 Å². The molecule has 0 aliphatic rings. The Bertz CT molecular complexity index is 407. The molecule has 1 aromatic carbocycles. The van der Waals surface area contributed by atoms with Gasteiger partial charge in [-0.05, 0) is 44.8 Å². The second-order valence-electron chi connectivity index (χ2n) is 4.49. The summed E-state index contributed by atoms with van der Waals surface area (Å²) in [5, 5.41) is 6.62. The molecule has 1 amide bonds. The summed E-state index contributed by atoms with van der Waals surface area (Å²) in [4.78, 5) is 13.7. The molecule has 0 saturated carbocycles. The summed E-state index contributed by atoms with van der Waals surface area (Å²) in [7, 11) is 4.00. The van der Waals surface area contributed by atoms with Gasteiger partial charge in [-0.25, -0.2) is 0 Å². The predicted octanol–water partition coefficient (Wildman–Crippen LogP) is 1.74. The zero-order chi connectivity index (χ0) is 13.5. The van der Waals surface area contributed by atoms with E-state index in [0.29, 0.717) is 11.6 Å². The van der Waals surface area contributed by atoms with Crippen LogP contribution in [0.3, 0.4) is 0 Å². The Morgan fingerprint density at radius 1 is 1.39 bits per heavy atom. The highest BCUT2D eigenvalue weighted by atomic mass is 35.5. The van der Waals surface area contributed by atoms with E-state index in [1.807, 2.05) is 33.2 Å². The number of likely N-dealkylation sites (N-methyl/N-ethyl adjacent to an activating group) is 1. The standard InChI is InChI=1S/C13H20ClN3O/c1-10-8-11(14)4-5-12(10)16-13(18)9-15-6-7-17(2)3/h4-5,8,15H,6-7,9H2,1-3H3,(H,16,18). The Kier molecular flexibility index (Phi) is 6.12. The molecule has 0 spiro atoms. The molecule has 0 aliphatic carbocycles. The number of benzene rings is 1. The lowest BCUT2D eigenvalue weighted by molar-refractivity contribution is -0.115. The molecular weight excluding hydrogens is 250 g/mol. The molecule has 0 bridgehead atoms. The van der Waals surface area contributed by atoms with Crippen LogP contribution < -0.4 is 10.6 Å². The van der Waals surface area contributed by atoms with Crippen LogP contribution in [0, 0.1) is 6.92 Å². The number of nitrogens with zero attached hydrogens (tertiary/aromatic N) is 1. The van der Waals surface area contributed by atoms with Gasteiger partial charge in [0.1, 0.15) is 0 Å². The van der Waals surface area contributed by atoms with Crippen molar-refractivity contribution in [2.24, 2.45) is 0 Å². The fourth-order valence-corrected chi connectivity index (χ4v) is 1.69. The lowest BCUT2D eigenvalue weighted by Crippen LogP contribution is -2.33. The molecule has 0 saturated heterocycles. The Balaban J connectivity index is 2.35. The van der Waals surface area contributed by atoms with Gasteiger partial charge in [0.25, 0.3) is 0 Å². The number of amides is 1. The Hall–Kier alpha value is -1.10. The molecule has 100 valence electrons. The van der Waals surface area contributed by atoms with Crippen molar-refractivity contribution in [2.75, 3.05) is 39.0 Å². The van der Waals surface area contributed by atoms with E-state index in [1.54, 1.807) is 6.07 Å². The van der Waals surface area contributed by atoms with Crippen LogP contribution in [0.1, 0.15) is 5.56 Å². The molecule has 1 aromatic rings. The van der Waals surface area contributed by atoms with E-state index in [-0.39, 0.29) is 5.91 Å². The van der Waals surface area contributed by atoms with Gasteiger partial charge in [0.2, 0.25) is 5.91 Å². The largest absolute Gasteiger partial charge is 0.325 e. The van der Waals surface area contributed by atoms with Crippen molar-refractivity contribution in [1.29, 1.82) is 0 Å². The summed E-state index contributed by atoms with van der Waals surface area (Å²) >= 11 is 5.86. The second-order valence-corrected chi connectivity index (χ2v) is 4.92. The van der Waals surface area contributed by atoms with Crippen LogP contribution >= 0.6 is 11.6 Å². The summed E-state index contributed by atoms with van der Waals surface area (Å²) in [6.07, 6.45) is 0. The molecule has 2 N–H and O–H groups in total. The first-order valence-corrected chi connectivity index (χ1v) is 6.28. The van der Waals surface area contributed by atoms with Crippen LogP contribution in [0.25, 0.3) is 0 Å². The number of aryl methyl sites for hydroxylation is 1. The minimum Gasteiger partial charge on any atom is -0.325 e. The van der Waals surface area contributed by atoms with Gasteiger partial charge in [-0.3, -0.25) is 4.79 Å². The van der Waals surface area contributed by atoms with Crippen LogP contribution in [-0.2, 0) is 4.79 Å². The van der Waals surface area contributed by atoms with E-state index in [1.165, 1.54) is 0 Å².